The van der Waals surface area contributed by atoms with Crippen molar-refractivity contribution in [2.75, 3.05) is 25.2 Å². The van der Waals surface area contributed by atoms with Crippen LogP contribution in [0.4, 0.5) is 0 Å². The van der Waals surface area contributed by atoms with Crippen LogP contribution in [-0.2, 0) is 28.1 Å². The third-order valence-corrected chi connectivity index (χ3v) is 7.49. The summed E-state index contributed by atoms with van der Waals surface area (Å²) < 4.78 is 30.8. The van der Waals surface area contributed by atoms with E-state index >= 15 is 0 Å². The molecule has 2 aromatic rings. The fraction of sp³-hybridized carbons (Fsp3) is 0.650. The number of rotatable bonds is 7. The smallest absolute Gasteiger partial charge is 0.242 e. The summed E-state index contributed by atoms with van der Waals surface area (Å²) >= 11 is 0. The largest absolute Gasteiger partial charge is 0.479 e. The molecule has 1 unspecified atom stereocenters. The van der Waals surface area contributed by atoms with E-state index in [0.29, 0.717) is 31.7 Å². The number of aryl methyl sites for hydroxylation is 3. The predicted octanol–water partition coefficient (Wildman–Crippen LogP) is 1.95. The molecule has 1 aliphatic rings. The molecule has 0 spiro atoms. The van der Waals surface area contributed by atoms with Gasteiger partial charge < -0.3 is 9.64 Å². The van der Waals surface area contributed by atoms with Crippen LogP contribution in [0.5, 0.6) is 5.88 Å². The van der Waals surface area contributed by atoms with Crippen LogP contribution < -0.4 is 4.74 Å². The molecule has 1 atom stereocenters. The molecule has 1 saturated heterocycles. The van der Waals surface area contributed by atoms with Crippen LogP contribution in [0.25, 0.3) is 11.0 Å². The van der Waals surface area contributed by atoms with Crippen molar-refractivity contribution in [1.82, 2.24) is 19.7 Å². The average Bonchev–Trinajstić information content (AvgIpc) is 3.18. The Morgan fingerprint density at radius 1 is 1.34 bits per heavy atom. The van der Waals surface area contributed by atoms with Crippen LogP contribution in [-0.4, -0.2) is 65.2 Å². The Balaban J connectivity index is 1.82. The van der Waals surface area contributed by atoms with E-state index in [2.05, 4.69) is 10.1 Å². The Kier molecular flexibility index (Phi) is 6.16. The van der Waals surface area contributed by atoms with Crippen LogP contribution in [0.2, 0.25) is 0 Å². The molecule has 0 radical (unpaired) electrons. The van der Waals surface area contributed by atoms with Crippen molar-refractivity contribution >= 4 is 26.8 Å². The fourth-order valence-electron chi connectivity index (χ4n) is 4.26. The highest BCUT2D eigenvalue weighted by molar-refractivity contribution is 7.91. The maximum absolute atomic E-state index is 13.0. The summed E-state index contributed by atoms with van der Waals surface area (Å²) in [5.41, 5.74) is 3.68. The lowest BCUT2D eigenvalue weighted by Gasteiger charge is -2.28. The van der Waals surface area contributed by atoms with E-state index < -0.39 is 9.84 Å². The van der Waals surface area contributed by atoms with Crippen molar-refractivity contribution in [3.63, 3.8) is 0 Å². The Hall–Kier alpha value is -2.16. The lowest BCUT2D eigenvalue weighted by atomic mass is 9.99. The highest BCUT2D eigenvalue weighted by atomic mass is 32.2. The predicted molar refractivity (Wildman–Crippen MR) is 112 cm³/mol. The van der Waals surface area contributed by atoms with Gasteiger partial charge in [0.25, 0.3) is 0 Å². The minimum absolute atomic E-state index is 0.00555. The molecule has 3 rings (SSSR count). The second kappa shape index (κ2) is 8.30. The Morgan fingerprint density at radius 2 is 2.07 bits per heavy atom. The summed E-state index contributed by atoms with van der Waals surface area (Å²) in [4.78, 5) is 19.4. The van der Waals surface area contributed by atoms with E-state index in [1.807, 2.05) is 27.8 Å². The van der Waals surface area contributed by atoms with Gasteiger partial charge in [-0.05, 0) is 44.2 Å². The number of hydrogen-bond acceptors (Lipinski definition) is 6. The van der Waals surface area contributed by atoms with Gasteiger partial charge in [-0.25, -0.2) is 18.1 Å². The van der Waals surface area contributed by atoms with Crippen LogP contribution in [0.3, 0.4) is 0 Å². The van der Waals surface area contributed by atoms with E-state index in [9.17, 15) is 13.2 Å². The van der Waals surface area contributed by atoms with Gasteiger partial charge in [0.1, 0.15) is 0 Å². The minimum Gasteiger partial charge on any atom is -0.479 e. The molecule has 8 nitrogen and oxygen atoms in total. The first kappa shape index (κ1) is 21.5. The van der Waals surface area contributed by atoms with Gasteiger partial charge in [0.2, 0.25) is 11.8 Å². The van der Waals surface area contributed by atoms with Gasteiger partial charge >= 0.3 is 0 Å². The second-order valence-corrected chi connectivity index (χ2v) is 10.0. The maximum Gasteiger partial charge on any atom is 0.242 e. The molecule has 1 fully saturated rings. The van der Waals surface area contributed by atoms with Gasteiger partial charge in [0, 0.05) is 31.7 Å². The van der Waals surface area contributed by atoms with Crippen LogP contribution in [0.15, 0.2) is 0 Å². The monoisotopic (exact) mass is 422 g/mol. The van der Waals surface area contributed by atoms with Crippen molar-refractivity contribution < 1.29 is 17.9 Å². The molecule has 9 heteroatoms. The SMILES string of the molecule is CCCN(C(=O)CCc1c(C)nc2c(c(OC)nn2C)c1C)C1CCS(=O)(=O)C1. The van der Waals surface area contributed by atoms with Gasteiger partial charge in [-0.15, -0.1) is 5.10 Å². The number of methoxy groups -OCH3 is 1. The number of carbonyl (C=O) groups excluding carboxylic acids is 1. The molecule has 3 heterocycles. The highest BCUT2D eigenvalue weighted by Crippen LogP contribution is 2.30. The van der Waals surface area contributed by atoms with Crippen LogP contribution in [0, 0.1) is 13.8 Å². The molecular weight excluding hydrogens is 392 g/mol. The second-order valence-electron chi connectivity index (χ2n) is 7.78. The van der Waals surface area contributed by atoms with Gasteiger partial charge in [-0.1, -0.05) is 6.92 Å². The molecule has 0 bridgehead atoms. The maximum atomic E-state index is 13.0. The molecule has 0 aliphatic carbocycles. The summed E-state index contributed by atoms with van der Waals surface area (Å²) in [5.74, 6) is 0.789. The summed E-state index contributed by atoms with van der Waals surface area (Å²) in [6, 6.07) is -0.200. The number of carbonyl (C=O) groups is 1. The first-order chi connectivity index (χ1) is 13.7. The van der Waals surface area contributed by atoms with Crippen LogP contribution >= 0.6 is 0 Å². The molecule has 1 aliphatic heterocycles. The minimum atomic E-state index is -3.03. The normalized spacial score (nSPS) is 18.3. The van der Waals surface area contributed by atoms with Crippen LogP contribution in [0.1, 0.15) is 43.0 Å². The van der Waals surface area contributed by atoms with Crippen molar-refractivity contribution in [1.29, 1.82) is 0 Å². The number of aromatic nitrogens is 3. The summed E-state index contributed by atoms with van der Waals surface area (Å²) in [6.07, 6.45) is 2.22. The van der Waals surface area contributed by atoms with Crippen molar-refractivity contribution in [2.45, 2.75) is 52.5 Å². The van der Waals surface area contributed by atoms with E-state index in [-0.39, 0.29) is 23.5 Å². The summed E-state index contributed by atoms with van der Waals surface area (Å²) in [7, 11) is 0.388. The lowest BCUT2D eigenvalue weighted by molar-refractivity contribution is -0.133. The zero-order chi connectivity index (χ0) is 21.3. The number of nitrogens with zero attached hydrogens (tertiary/aromatic N) is 4. The van der Waals surface area contributed by atoms with Gasteiger partial charge in [-0.2, -0.15) is 0 Å². The first-order valence-electron chi connectivity index (χ1n) is 10.0. The molecule has 2 aromatic heterocycles. The molecule has 0 saturated carbocycles. The lowest BCUT2D eigenvalue weighted by Crippen LogP contribution is -2.41. The number of amides is 1. The number of ether oxygens (including phenoxy) is 1. The molecule has 1 amide bonds. The fourth-order valence-corrected chi connectivity index (χ4v) is 5.99. The third kappa shape index (κ3) is 4.24. The highest BCUT2D eigenvalue weighted by Gasteiger charge is 2.34. The zero-order valence-electron chi connectivity index (χ0n) is 17.9. The zero-order valence-corrected chi connectivity index (χ0v) is 18.7. The molecule has 29 heavy (non-hydrogen) atoms. The Morgan fingerprint density at radius 3 is 2.66 bits per heavy atom. The van der Waals surface area contributed by atoms with E-state index in [4.69, 9.17) is 4.74 Å². The summed E-state index contributed by atoms with van der Waals surface area (Å²) in [5, 5.41) is 5.24. The van der Waals surface area contributed by atoms with Gasteiger partial charge in [-0.3, -0.25) is 4.79 Å². The topological polar surface area (TPSA) is 94.4 Å². The van der Waals surface area contributed by atoms with Crippen molar-refractivity contribution in [2.24, 2.45) is 7.05 Å². The molecular formula is C20H30N4O4S. The Bertz CT molecular complexity index is 1030. The number of hydrogen-bond donors (Lipinski definition) is 0. The molecule has 160 valence electrons. The quantitative estimate of drug-likeness (QED) is 0.677. The molecule has 0 N–H and O–H groups in total. The number of fused-ring (bicyclic) bond motifs is 1. The first-order valence-corrected chi connectivity index (χ1v) is 11.9. The number of pyridine rings is 1. The van der Waals surface area contributed by atoms with Crippen molar-refractivity contribution in [3.05, 3.63) is 16.8 Å². The van der Waals surface area contributed by atoms with E-state index in [1.165, 1.54) is 0 Å². The molecule has 0 aromatic carbocycles. The van der Waals surface area contributed by atoms with Gasteiger partial charge in [0.05, 0.1) is 24.0 Å². The standard InChI is InChI=1S/C20H30N4O4S/c1-6-10-24(15-9-11-29(26,27)12-15)17(25)8-7-16-13(2)18-19(21-14(16)3)23(4)22-20(18)28-5/h15H,6-12H2,1-5H3. The number of sulfone groups is 1. The Labute approximate surface area is 172 Å². The van der Waals surface area contributed by atoms with E-state index in [1.54, 1.807) is 16.7 Å². The van der Waals surface area contributed by atoms with Gasteiger partial charge in [0.15, 0.2) is 15.5 Å². The third-order valence-electron chi connectivity index (χ3n) is 5.74. The average molecular weight is 423 g/mol. The van der Waals surface area contributed by atoms with E-state index in [0.717, 1.165) is 34.3 Å². The van der Waals surface area contributed by atoms with Crippen molar-refractivity contribution in [3.8, 4) is 5.88 Å². The summed E-state index contributed by atoms with van der Waals surface area (Å²) in [6.45, 7) is 6.54.